The van der Waals surface area contributed by atoms with Gasteiger partial charge in [0.2, 0.25) is 0 Å². The Bertz CT molecular complexity index is 607. The predicted molar refractivity (Wildman–Crippen MR) is 141 cm³/mol. The van der Waals surface area contributed by atoms with Crippen molar-refractivity contribution in [2.24, 2.45) is 39.2 Å². The molecule has 1 saturated carbocycles. The van der Waals surface area contributed by atoms with E-state index < -0.39 is 0 Å². The molecule has 8 heteroatoms. The summed E-state index contributed by atoms with van der Waals surface area (Å²) in [5.41, 5.74) is 0. The maximum Gasteiger partial charge on any atom is 0.0855 e. The highest BCUT2D eigenvalue weighted by Crippen LogP contribution is 2.36. The summed E-state index contributed by atoms with van der Waals surface area (Å²) in [5.74, 6) is 5.08. The maximum atomic E-state index is 6.24. The molecule has 6 nitrogen and oxygen atoms in total. The fourth-order valence-electron chi connectivity index (χ4n) is 6.12. The molecule has 2 fully saturated rings. The first kappa shape index (κ1) is 29.1. The molecule has 2 aliphatic carbocycles. The molecule has 0 aromatic heterocycles. The van der Waals surface area contributed by atoms with Crippen LogP contribution in [0.25, 0.3) is 0 Å². The molecule has 0 amide bonds. The van der Waals surface area contributed by atoms with Gasteiger partial charge in [-0.25, -0.2) is 0 Å². The number of rotatable bonds is 8. The molecule has 0 aromatic carbocycles. The fourth-order valence-corrected chi connectivity index (χ4v) is 7.07. The summed E-state index contributed by atoms with van der Waals surface area (Å²) in [7, 11) is 0. The molecule has 192 valence electrons. The van der Waals surface area contributed by atoms with Gasteiger partial charge in [0.25, 0.3) is 0 Å². The fraction of sp³-hybridized carbons (Fsp3) is 0.920. The van der Waals surface area contributed by atoms with E-state index in [1.54, 1.807) is 11.9 Å². The Morgan fingerprint density at radius 2 is 1.70 bits per heavy atom. The average Bonchev–Trinajstić information content (AvgIpc) is 3.33. The summed E-state index contributed by atoms with van der Waals surface area (Å²) >= 11 is 7.89. The third-order valence-electron chi connectivity index (χ3n) is 8.44. The summed E-state index contributed by atoms with van der Waals surface area (Å²) in [6, 6.07) is 1.12. The van der Waals surface area contributed by atoms with Crippen LogP contribution < -0.4 is 5.32 Å². The van der Waals surface area contributed by atoms with Gasteiger partial charge < -0.3 is 21.2 Å². The number of hydrogen-bond donors (Lipinski definition) is 1. The van der Waals surface area contributed by atoms with Crippen molar-refractivity contribution in [3.05, 3.63) is 12.2 Å². The van der Waals surface area contributed by atoms with E-state index in [1.807, 2.05) is 0 Å². The van der Waals surface area contributed by atoms with Crippen LogP contribution in [0.5, 0.6) is 0 Å². The molecule has 0 bridgehead atoms. The Morgan fingerprint density at radius 3 is 2.27 bits per heavy atom. The largest absolute Gasteiger partial charge is 0.412 e. The van der Waals surface area contributed by atoms with E-state index >= 15 is 0 Å². The molecule has 33 heavy (non-hydrogen) atoms. The third kappa shape index (κ3) is 8.46. The van der Waals surface area contributed by atoms with E-state index in [9.17, 15) is 0 Å². The number of likely N-dealkylation sites (tertiary alicyclic amines) is 1. The zero-order valence-electron chi connectivity index (χ0n) is 20.6. The number of allylic oxidation sites excluding steroid dienone is 2. The summed E-state index contributed by atoms with van der Waals surface area (Å²) in [6.45, 7) is 9.72. The molecule has 3 unspecified atom stereocenters. The van der Waals surface area contributed by atoms with Crippen LogP contribution in [0, 0.1) is 29.6 Å². The van der Waals surface area contributed by atoms with Crippen LogP contribution in [0.2, 0.25) is 0 Å². The van der Waals surface area contributed by atoms with Crippen LogP contribution in [0.3, 0.4) is 0 Å². The first-order chi connectivity index (χ1) is 15.1. The number of piperidine rings is 1. The lowest BCUT2D eigenvalue weighted by atomic mass is 9.78. The highest BCUT2D eigenvalue weighted by atomic mass is 35.5. The maximum absolute atomic E-state index is 6.24. The molecule has 4 atom stereocenters. The van der Waals surface area contributed by atoms with Crippen molar-refractivity contribution >= 4 is 23.5 Å². The standard InChI is InChI=1S/C25H43ClN4S.2H2O/c1-18(2)24(27-15-19-3-5-22(6-4-19)25-17-31-29-28-25)16-30-13-11-21(12-14-30)20-7-9-23(26)10-8-20;;/h7,9,18-25,27H,3-6,8,10-17H2,1-2H3;2*1H2/t19?,20?,22?,23?,24-,25?;;/m0../s1. The van der Waals surface area contributed by atoms with E-state index in [0.29, 0.717) is 18.0 Å². The Hall–Kier alpha value is -0.180. The van der Waals surface area contributed by atoms with Crippen molar-refractivity contribution in [1.29, 1.82) is 0 Å². The highest BCUT2D eigenvalue weighted by molar-refractivity contribution is 7.98. The van der Waals surface area contributed by atoms with Gasteiger partial charge in [-0.2, -0.15) is 5.11 Å². The molecular formula is C25H47ClN4O2S. The van der Waals surface area contributed by atoms with Gasteiger partial charge in [-0.15, -0.1) is 16.1 Å². The van der Waals surface area contributed by atoms with Crippen LogP contribution in [-0.4, -0.2) is 65.2 Å². The normalized spacial score (nSPS) is 34.1. The van der Waals surface area contributed by atoms with Crippen LogP contribution in [0.15, 0.2) is 21.8 Å². The molecule has 0 aromatic rings. The van der Waals surface area contributed by atoms with Gasteiger partial charge >= 0.3 is 0 Å². The molecule has 4 rings (SSSR count). The Balaban J connectivity index is 0.00000193. The first-order valence-corrected chi connectivity index (χ1v) is 14.3. The van der Waals surface area contributed by atoms with Crippen LogP contribution in [-0.2, 0) is 0 Å². The van der Waals surface area contributed by atoms with Gasteiger partial charge in [0.05, 0.1) is 11.4 Å². The van der Waals surface area contributed by atoms with Crippen molar-refractivity contribution in [3.8, 4) is 0 Å². The topological polar surface area (TPSA) is 103 Å². The molecule has 4 aliphatic rings. The molecular weight excluding hydrogens is 456 g/mol. The molecule has 0 radical (unpaired) electrons. The third-order valence-corrected chi connectivity index (χ3v) is 9.51. The summed E-state index contributed by atoms with van der Waals surface area (Å²) in [5, 5.41) is 8.70. The van der Waals surface area contributed by atoms with Crippen LogP contribution in [0.1, 0.15) is 65.2 Å². The molecule has 5 N–H and O–H groups in total. The van der Waals surface area contributed by atoms with E-state index in [-0.39, 0.29) is 16.3 Å². The highest BCUT2D eigenvalue weighted by Gasteiger charge is 2.31. The molecule has 2 heterocycles. The number of halogens is 1. The van der Waals surface area contributed by atoms with E-state index in [4.69, 9.17) is 11.6 Å². The molecule has 1 saturated heterocycles. The van der Waals surface area contributed by atoms with Gasteiger partial charge in [0.1, 0.15) is 0 Å². The van der Waals surface area contributed by atoms with E-state index in [1.165, 1.54) is 71.1 Å². The zero-order valence-corrected chi connectivity index (χ0v) is 22.2. The van der Waals surface area contributed by atoms with Crippen molar-refractivity contribution in [2.45, 2.75) is 82.7 Å². The van der Waals surface area contributed by atoms with Crippen LogP contribution in [0.4, 0.5) is 0 Å². The lowest BCUT2D eigenvalue weighted by molar-refractivity contribution is 0.132. The van der Waals surface area contributed by atoms with E-state index in [0.717, 1.165) is 35.8 Å². The number of nitrogens with one attached hydrogen (secondary N) is 1. The number of nitrogens with zero attached hydrogens (tertiary/aromatic N) is 3. The lowest BCUT2D eigenvalue weighted by Gasteiger charge is -2.39. The van der Waals surface area contributed by atoms with Gasteiger partial charge in [0.15, 0.2) is 0 Å². The minimum Gasteiger partial charge on any atom is -0.412 e. The van der Waals surface area contributed by atoms with E-state index in [2.05, 4.69) is 45.9 Å². The Labute approximate surface area is 210 Å². The van der Waals surface area contributed by atoms with Gasteiger partial charge in [0, 0.05) is 18.3 Å². The first-order valence-electron chi connectivity index (χ1n) is 12.9. The Morgan fingerprint density at radius 1 is 0.970 bits per heavy atom. The molecule has 0 spiro atoms. The minimum absolute atomic E-state index is 0. The predicted octanol–water partition coefficient (Wildman–Crippen LogP) is 4.53. The second-order valence-electron chi connectivity index (χ2n) is 10.9. The quantitative estimate of drug-likeness (QED) is 0.299. The smallest absolute Gasteiger partial charge is 0.0855 e. The number of hydrogen-bond acceptors (Lipinski definition) is 5. The van der Waals surface area contributed by atoms with Gasteiger partial charge in [-0.1, -0.05) is 26.0 Å². The average molecular weight is 503 g/mol. The van der Waals surface area contributed by atoms with Gasteiger partial charge in [-0.05, 0) is 113 Å². The second-order valence-corrected chi connectivity index (χ2v) is 12.2. The lowest BCUT2D eigenvalue weighted by Crippen LogP contribution is -2.48. The monoisotopic (exact) mass is 502 g/mol. The minimum atomic E-state index is 0. The van der Waals surface area contributed by atoms with Crippen molar-refractivity contribution in [1.82, 2.24) is 10.2 Å². The van der Waals surface area contributed by atoms with Gasteiger partial charge in [-0.3, -0.25) is 0 Å². The molecule has 2 aliphatic heterocycles. The van der Waals surface area contributed by atoms with Crippen LogP contribution >= 0.6 is 23.5 Å². The summed E-state index contributed by atoms with van der Waals surface area (Å²) in [6.07, 6.45) is 15.2. The van der Waals surface area contributed by atoms with Crippen molar-refractivity contribution in [3.63, 3.8) is 0 Å². The summed E-state index contributed by atoms with van der Waals surface area (Å²) < 4.78 is 4.14. The number of alkyl halides is 1. The zero-order chi connectivity index (χ0) is 21.6. The van der Waals surface area contributed by atoms with Crippen molar-refractivity contribution in [2.75, 3.05) is 31.9 Å². The van der Waals surface area contributed by atoms with Crippen molar-refractivity contribution < 1.29 is 11.0 Å². The second kappa shape index (κ2) is 14.4. The Kier molecular flexibility index (Phi) is 12.7. The summed E-state index contributed by atoms with van der Waals surface area (Å²) in [4.78, 5) is 2.73. The SMILES string of the molecule is CC(C)[C@H](CN1CCC(C2C=CC(Cl)CC2)CC1)NCC1CCC(C2CSN=N2)CC1.O.O.